The number of amidine groups is 1. The zero-order chi connectivity index (χ0) is 23.4. The molecule has 4 rings (SSSR count). The van der Waals surface area contributed by atoms with E-state index in [0.29, 0.717) is 33.1 Å². The molecule has 0 radical (unpaired) electrons. The van der Waals surface area contributed by atoms with Gasteiger partial charge in [0.15, 0.2) is 5.17 Å². The number of nitro groups is 1. The van der Waals surface area contributed by atoms with Gasteiger partial charge in [-0.25, -0.2) is 4.99 Å². The van der Waals surface area contributed by atoms with Gasteiger partial charge in [-0.3, -0.25) is 14.9 Å². The first kappa shape index (κ1) is 22.6. The van der Waals surface area contributed by atoms with E-state index >= 15 is 0 Å². The highest BCUT2D eigenvalue weighted by atomic mass is 35.5. The van der Waals surface area contributed by atoms with Crippen molar-refractivity contribution in [1.29, 1.82) is 0 Å². The van der Waals surface area contributed by atoms with Gasteiger partial charge in [-0.05, 0) is 77.9 Å². The van der Waals surface area contributed by atoms with Crippen molar-refractivity contribution in [3.05, 3.63) is 103 Å². The van der Waals surface area contributed by atoms with Gasteiger partial charge < -0.3 is 10.1 Å². The van der Waals surface area contributed by atoms with Gasteiger partial charge in [-0.15, -0.1) is 0 Å². The number of non-ortho nitro benzene ring substituents is 1. The van der Waals surface area contributed by atoms with E-state index in [9.17, 15) is 14.9 Å². The zero-order valence-electron chi connectivity index (χ0n) is 17.4. The highest BCUT2D eigenvalue weighted by Gasteiger charge is 2.24. The van der Waals surface area contributed by atoms with Gasteiger partial charge in [0.1, 0.15) is 12.4 Å². The van der Waals surface area contributed by atoms with Crippen molar-refractivity contribution in [3.8, 4) is 5.75 Å². The second kappa shape index (κ2) is 9.89. The topological polar surface area (TPSA) is 93.8 Å². The third-order valence-electron chi connectivity index (χ3n) is 4.77. The SMILES string of the molecule is Cc1ccc(Cl)cc1N=C1NC(=O)/C(=C/c2ccc(OCc3ccc([N+](=O)[O-])cc3)cc2)S1. The Labute approximate surface area is 199 Å². The maximum atomic E-state index is 12.3. The molecule has 1 heterocycles. The van der Waals surface area contributed by atoms with Crippen LogP contribution in [-0.4, -0.2) is 16.0 Å². The van der Waals surface area contributed by atoms with Gasteiger partial charge >= 0.3 is 0 Å². The van der Waals surface area contributed by atoms with E-state index in [0.717, 1.165) is 16.7 Å². The number of hydrogen-bond acceptors (Lipinski definition) is 6. The molecular weight excluding hydrogens is 462 g/mol. The van der Waals surface area contributed by atoms with Crippen LogP contribution >= 0.6 is 23.4 Å². The number of nitrogens with zero attached hydrogens (tertiary/aromatic N) is 2. The summed E-state index contributed by atoms with van der Waals surface area (Å²) in [4.78, 5) is 27.7. The van der Waals surface area contributed by atoms with E-state index in [1.807, 2.05) is 25.1 Å². The molecule has 0 aliphatic carbocycles. The predicted molar refractivity (Wildman–Crippen MR) is 131 cm³/mol. The standard InChI is InChI=1S/C24H18ClN3O4S/c1-15-2-7-18(25)13-21(15)26-24-27-23(29)22(33-24)12-16-5-10-20(11-6-16)32-14-17-3-8-19(9-4-17)28(30)31/h2-13H,14H2,1H3,(H,26,27,29)/b22-12-. The quantitative estimate of drug-likeness (QED) is 0.265. The molecule has 1 N–H and O–H groups in total. The Kier molecular flexibility index (Phi) is 6.76. The molecule has 0 spiro atoms. The number of ether oxygens (including phenoxy) is 1. The van der Waals surface area contributed by atoms with Crippen LogP contribution in [0.15, 0.2) is 76.6 Å². The highest BCUT2D eigenvalue weighted by molar-refractivity contribution is 8.18. The molecule has 1 aliphatic heterocycles. The van der Waals surface area contributed by atoms with E-state index in [-0.39, 0.29) is 11.6 Å². The lowest BCUT2D eigenvalue weighted by Crippen LogP contribution is -2.19. The lowest BCUT2D eigenvalue weighted by Gasteiger charge is -2.06. The van der Waals surface area contributed by atoms with Gasteiger partial charge in [0.05, 0.1) is 15.5 Å². The highest BCUT2D eigenvalue weighted by Crippen LogP contribution is 2.30. The van der Waals surface area contributed by atoms with Crippen molar-refractivity contribution in [2.45, 2.75) is 13.5 Å². The molecule has 0 atom stereocenters. The van der Waals surface area contributed by atoms with Gasteiger partial charge in [-0.2, -0.15) is 0 Å². The Balaban J connectivity index is 1.40. The first-order valence-electron chi connectivity index (χ1n) is 9.89. The first-order chi connectivity index (χ1) is 15.9. The number of amides is 1. The normalized spacial score (nSPS) is 15.6. The number of carbonyl (C=O) groups is 1. The van der Waals surface area contributed by atoms with Crippen molar-refractivity contribution in [3.63, 3.8) is 0 Å². The lowest BCUT2D eigenvalue weighted by molar-refractivity contribution is -0.384. The monoisotopic (exact) mass is 479 g/mol. The van der Waals surface area contributed by atoms with Crippen molar-refractivity contribution in [1.82, 2.24) is 5.32 Å². The largest absolute Gasteiger partial charge is 0.489 e. The van der Waals surface area contributed by atoms with E-state index < -0.39 is 4.92 Å². The van der Waals surface area contributed by atoms with Gasteiger partial charge in [0, 0.05) is 17.2 Å². The van der Waals surface area contributed by atoms with E-state index in [1.165, 1.54) is 23.9 Å². The molecule has 33 heavy (non-hydrogen) atoms. The van der Waals surface area contributed by atoms with E-state index in [1.54, 1.807) is 42.5 Å². The Morgan fingerprint density at radius 3 is 2.55 bits per heavy atom. The summed E-state index contributed by atoms with van der Waals surface area (Å²) in [6.45, 7) is 2.22. The second-order valence-corrected chi connectivity index (χ2v) is 8.66. The van der Waals surface area contributed by atoms with Crippen LogP contribution in [0, 0.1) is 17.0 Å². The number of aliphatic imine (C=N–C) groups is 1. The third kappa shape index (κ3) is 5.79. The fraction of sp³-hybridized carbons (Fsp3) is 0.0833. The maximum absolute atomic E-state index is 12.3. The first-order valence-corrected chi connectivity index (χ1v) is 11.1. The molecule has 7 nitrogen and oxygen atoms in total. The van der Waals surface area contributed by atoms with Crippen molar-refractivity contribution >= 4 is 51.9 Å². The van der Waals surface area contributed by atoms with Crippen LogP contribution in [-0.2, 0) is 11.4 Å². The van der Waals surface area contributed by atoms with Crippen LogP contribution in [0.2, 0.25) is 5.02 Å². The van der Waals surface area contributed by atoms with E-state index in [2.05, 4.69) is 10.3 Å². The number of nitrogens with one attached hydrogen (secondary N) is 1. The maximum Gasteiger partial charge on any atom is 0.269 e. The van der Waals surface area contributed by atoms with Crippen molar-refractivity contribution in [2.75, 3.05) is 0 Å². The molecule has 0 unspecified atom stereocenters. The van der Waals surface area contributed by atoms with Gasteiger partial charge in [0.25, 0.3) is 11.6 Å². The molecule has 0 aromatic heterocycles. The van der Waals surface area contributed by atoms with Gasteiger partial charge in [0.2, 0.25) is 0 Å². The summed E-state index contributed by atoms with van der Waals surface area (Å²) in [7, 11) is 0. The summed E-state index contributed by atoms with van der Waals surface area (Å²) in [5.74, 6) is 0.439. The average Bonchev–Trinajstić information content (AvgIpc) is 3.14. The summed E-state index contributed by atoms with van der Waals surface area (Å²) in [5.41, 5.74) is 3.38. The summed E-state index contributed by atoms with van der Waals surface area (Å²) in [6.07, 6.45) is 1.79. The summed E-state index contributed by atoms with van der Waals surface area (Å²) in [5, 5.41) is 14.6. The Morgan fingerprint density at radius 2 is 1.85 bits per heavy atom. The third-order valence-corrected chi connectivity index (χ3v) is 5.92. The Hall–Kier alpha value is -3.62. The van der Waals surface area contributed by atoms with Crippen LogP contribution in [0.25, 0.3) is 6.08 Å². The molecule has 3 aromatic rings. The number of rotatable bonds is 6. The fourth-order valence-electron chi connectivity index (χ4n) is 2.99. The van der Waals surface area contributed by atoms with Crippen LogP contribution in [0.1, 0.15) is 16.7 Å². The molecule has 1 amide bonds. The summed E-state index contributed by atoms with van der Waals surface area (Å²) < 4.78 is 5.74. The minimum Gasteiger partial charge on any atom is -0.489 e. The number of thioether (sulfide) groups is 1. The lowest BCUT2D eigenvalue weighted by atomic mass is 10.2. The predicted octanol–water partition coefficient (Wildman–Crippen LogP) is 6.03. The minimum absolute atomic E-state index is 0.0425. The molecule has 166 valence electrons. The number of aryl methyl sites for hydroxylation is 1. The molecule has 0 saturated carbocycles. The molecule has 1 saturated heterocycles. The Morgan fingerprint density at radius 1 is 1.12 bits per heavy atom. The van der Waals surface area contributed by atoms with Crippen LogP contribution in [0.3, 0.4) is 0 Å². The fourth-order valence-corrected chi connectivity index (χ4v) is 3.99. The van der Waals surface area contributed by atoms with Gasteiger partial charge in [-0.1, -0.05) is 29.8 Å². The summed E-state index contributed by atoms with van der Waals surface area (Å²) in [6, 6.07) is 19.0. The molecule has 9 heteroatoms. The number of nitro benzene ring substituents is 1. The van der Waals surface area contributed by atoms with Crippen LogP contribution in [0.4, 0.5) is 11.4 Å². The number of hydrogen-bond donors (Lipinski definition) is 1. The Bertz CT molecular complexity index is 1270. The van der Waals surface area contributed by atoms with Crippen LogP contribution in [0.5, 0.6) is 5.75 Å². The number of benzene rings is 3. The second-order valence-electron chi connectivity index (χ2n) is 7.19. The van der Waals surface area contributed by atoms with Crippen molar-refractivity contribution < 1.29 is 14.5 Å². The zero-order valence-corrected chi connectivity index (χ0v) is 19.0. The molecule has 1 fully saturated rings. The molecular formula is C24H18ClN3O4S. The van der Waals surface area contributed by atoms with Crippen LogP contribution < -0.4 is 10.1 Å². The molecule has 3 aromatic carbocycles. The number of carbonyl (C=O) groups excluding carboxylic acids is 1. The molecule has 1 aliphatic rings. The molecule has 0 bridgehead atoms. The number of halogens is 1. The van der Waals surface area contributed by atoms with Crippen molar-refractivity contribution in [2.24, 2.45) is 4.99 Å². The minimum atomic E-state index is -0.437. The summed E-state index contributed by atoms with van der Waals surface area (Å²) >= 11 is 7.31. The van der Waals surface area contributed by atoms with E-state index in [4.69, 9.17) is 16.3 Å². The average molecular weight is 480 g/mol. The smallest absolute Gasteiger partial charge is 0.269 e.